The van der Waals surface area contributed by atoms with Gasteiger partial charge in [-0.3, -0.25) is 9.10 Å². The minimum atomic E-state index is -3.31. The number of amides is 1. The molecule has 1 aromatic heterocycles. The van der Waals surface area contributed by atoms with Crippen LogP contribution in [-0.2, 0) is 27.7 Å². The number of nitrogens with zero attached hydrogens (tertiary/aromatic N) is 1. The Hall–Kier alpha value is -3.06. The highest BCUT2D eigenvalue weighted by Gasteiger charge is 2.26. The van der Waals surface area contributed by atoms with E-state index in [0.29, 0.717) is 37.2 Å². The van der Waals surface area contributed by atoms with Gasteiger partial charge in [0, 0.05) is 30.0 Å². The molecule has 6 nitrogen and oxygen atoms in total. The summed E-state index contributed by atoms with van der Waals surface area (Å²) >= 11 is 0. The standard InChI is InChI=1S/C22H23N3O3S/c1-29(27,28)25-14-13-17-7-8-19(15-21(17)25)24-22(26)12-10-18-9-11-20(23-18)16-5-3-2-4-6-16/h2-9,11,15,23H,10,12-14H2,1H3,(H,24,26). The quantitative estimate of drug-likeness (QED) is 0.653. The van der Waals surface area contributed by atoms with Crippen LogP contribution < -0.4 is 9.62 Å². The molecule has 4 rings (SSSR count). The third-order valence-corrected chi connectivity index (χ3v) is 6.25. The van der Waals surface area contributed by atoms with Gasteiger partial charge < -0.3 is 10.3 Å². The highest BCUT2D eigenvalue weighted by Crippen LogP contribution is 2.32. The van der Waals surface area contributed by atoms with Gasteiger partial charge in [0.25, 0.3) is 0 Å². The van der Waals surface area contributed by atoms with Gasteiger partial charge in [0.2, 0.25) is 15.9 Å². The zero-order valence-corrected chi connectivity index (χ0v) is 17.0. The van der Waals surface area contributed by atoms with Crippen LogP contribution in [0.3, 0.4) is 0 Å². The van der Waals surface area contributed by atoms with E-state index < -0.39 is 10.0 Å². The normalized spacial score (nSPS) is 13.3. The molecule has 0 unspecified atom stereocenters. The second-order valence-corrected chi connectivity index (χ2v) is 9.15. The number of aryl methyl sites for hydroxylation is 1. The molecule has 0 bridgehead atoms. The van der Waals surface area contributed by atoms with Gasteiger partial charge in [-0.05, 0) is 48.2 Å². The maximum absolute atomic E-state index is 12.4. The minimum Gasteiger partial charge on any atom is -0.358 e. The van der Waals surface area contributed by atoms with Crippen LogP contribution in [0, 0.1) is 0 Å². The fourth-order valence-electron chi connectivity index (χ4n) is 3.62. The highest BCUT2D eigenvalue weighted by atomic mass is 32.2. The van der Waals surface area contributed by atoms with Gasteiger partial charge in [-0.2, -0.15) is 0 Å². The molecular formula is C22H23N3O3S. The smallest absolute Gasteiger partial charge is 0.232 e. The van der Waals surface area contributed by atoms with Crippen LogP contribution in [-0.4, -0.2) is 32.1 Å². The zero-order chi connectivity index (χ0) is 20.4. The lowest BCUT2D eigenvalue weighted by atomic mass is 10.1. The number of hydrogen-bond acceptors (Lipinski definition) is 3. The van der Waals surface area contributed by atoms with Crippen molar-refractivity contribution in [1.82, 2.24) is 4.98 Å². The van der Waals surface area contributed by atoms with Crippen LogP contribution >= 0.6 is 0 Å². The highest BCUT2D eigenvalue weighted by molar-refractivity contribution is 7.92. The summed E-state index contributed by atoms with van der Waals surface area (Å²) < 4.78 is 25.2. The van der Waals surface area contributed by atoms with Crippen molar-refractivity contribution in [3.8, 4) is 11.3 Å². The Bertz CT molecular complexity index is 1140. The molecule has 0 aliphatic carbocycles. The first-order valence-corrected chi connectivity index (χ1v) is 11.4. The number of nitrogens with one attached hydrogen (secondary N) is 2. The van der Waals surface area contributed by atoms with Gasteiger partial charge in [-0.25, -0.2) is 8.42 Å². The number of aromatic nitrogens is 1. The van der Waals surface area contributed by atoms with Crippen LogP contribution in [0.2, 0.25) is 0 Å². The second kappa shape index (κ2) is 7.75. The van der Waals surface area contributed by atoms with Crippen molar-refractivity contribution in [2.24, 2.45) is 0 Å². The zero-order valence-electron chi connectivity index (χ0n) is 16.2. The number of rotatable bonds is 6. The summed E-state index contributed by atoms with van der Waals surface area (Å²) in [5, 5.41) is 2.88. The number of fused-ring (bicyclic) bond motifs is 1. The average Bonchev–Trinajstić information content (AvgIpc) is 3.33. The van der Waals surface area contributed by atoms with E-state index in [4.69, 9.17) is 0 Å². The number of aromatic amines is 1. The van der Waals surface area contributed by atoms with E-state index in [-0.39, 0.29) is 5.91 Å². The summed E-state index contributed by atoms with van der Waals surface area (Å²) in [6.07, 6.45) is 2.82. The number of sulfonamides is 1. The lowest BCUT2D eigenvalue weighted by Gasteiger charge is -2.17. The molecule has 0 fully saturated rings. The molecule has 0 radical (unpaired) electrons. The number of H-pyrrole nitrogens is 1. The van der Waals surface area contributed by atoms with E-state index in [1.54, 1.807) is 6.07 Å². The topological polar surface area (TPSA) is 82.3 Å². The third kappa shape index (κ3) is 4.35. The van der Waals surface area contributed by atoms with E-state index in [0.717, 1.165) is 22.5 Å². The summed E-state index contributed by atoms with van der Waals surface area (Å²) in [4.78, 5) is 15.7. The summed E-state index contributed by atoms with van der Waals surface area (Å²) in [7, 11) is -3.31. The number of carbonyl (C=O) groups is 1. The molecule has 2 N–H and O–H groups in total. The molecule has 1 amide bonds. The van der Waals surface area contributed by atoms with Crippen molar-refractivity contribution in [3.63, 3.8) is 0 Å². The molecule has 1 aliphatic rings. The molecule has 150 valence electrons. The lowest BCUT2D eigenvalue weighted by molar-refractivity contribution is -0.116. The predicted octanol–water partition coefficient (Wildman–Crippen LogP) is 3.58. The molecule has 0 atom stereocenters. The van der Waals surface area contributed by atoms with Gasteiger partial charge in [0.05, 0.1) is 11.9 Å². The van der Waals surface area contributed by atoms with Crippen LogP contribution in [0.1, 0.15) is 17.7 Å². The predicted molar refractivity (Wildman–Crippen MR) is 116 cm³/mol. The average molecular weight is 410 g/mol. The molecule has 3 aromatic rings. The summed E-state index contributed by atoms with van der Waals surface area (Å²) in [6, 6.07) is 19.5. The number of hydrogen-bond donors (Lipinski definition) is 2. The summed E-state index contributed by atoms with van der Waals surface area (Å²) in [5.41, 5.74) is 5.38. The second-order valence-electron chi connectivity index (χ2n) is 7.24. The van der Waals surface area contributed by atoms with E-state index in [2.05, 4.69) is 10.3 Å². The van der Waals surface area contributed by atoms with Crippen molar-refractivity contribution >= 4 is 27.3 Å². The molecule has 0 saturated carbocycles. The molecule has 2 heterocycles. The minimum absolute atomic E-state index is 0.107. The van der Waals surface area contributed by atoms with Crippen molar-refractivity contribution in [3.05, 3.63) is 71.9 Å². The number of carbonyl (C=O) groups excluding carboxylic acids is 1. The van der Waals surface area contributed by atoms with E-state index >= 15 is 0 Å². The Morgan fingerprint density at radius 1 is 1.10 bits per heavy atom. The first kappa shape index (κ1) is 19.3. The Morgan fingerprint density at radius 3 is 2.66 bits per heavy atom. The van der Waals surface area contributed by atoms with Gasteiger partial charge in [-0.15, -0.1) is 0 Å². The van der Waals surface area contributed by atoms with Gasteiger partial charge in [0.15, 0.2) is 0 Å². The first-order valence-electron chi connectivity index (χ1n) is 9.54. The SMILES string of the molecule is CS(=O)(=O)N1CCc2ccc(NC(=O)CCc3ccc(-c4ccccc4)[nH]3)cc21. The Kier molecular flexibility index (Phi) is 5.15. The number of benzene rings is 2. The van der Waals surface area contributed by atoms with Gasteiger partial charge in [-0.1, -0.05) is 36.4 Å². The Balaban J connectivity index is 1.38. The fourth-order valence-corrected chi connectivity index (χ4v) is 4.57. The largest absolute Gasteiger partial charge is 0.358 e. The van der Waals surface area contributed by atoms with Crippen LogP contribution in [0.4, 0.5) is 11.4 Å². The molecule has 2 aromatic carbocycles. The lowest BCUT2D eigenvalue weighted by Crippen LogP contribution is -2.27. The molecule has 29 heavy (non-hydrogen) atoms. The molecule has 7 heteroatoms. The Labute approximate surface area is 170 Å². The van der Waals surface area contributed by atoms with Crippen LogP contribution in [0.15, 0.2) is 60.7 Å². The summed E-state index contributed by atoms with van der Waals surface area (Å²) in [5.74, 6) is -0.107. The molecule has 1 aliphatic heterocycles. The molecule has 0 spiro atoms. The van der Waals surface area contributed by atoms with E-state index in [1.807, 2.05) is 54.6 Å². The monoisotopic (exact) mass is 409 g/mol. The van der Waals surface area contributed by atoms with E-state index in [9.17, 15) is 13.2 Å². The Morgan fingerprint density at radius 2 is 1.90 bits per heavy atom. The van der Waals surface area contributed by atoms with Crippen molar-refractivity contribution in [2.75, 3.05) is 22.4 Å². The maximum Gasteiger partial charge on any atom is 0.232 e. The van der Waals surface area contributed by atoms with E-state index in [1.165, 1.54) is 10.6 Å². The van der Waals surface area contributed by atoms with Crippen LogP contribution in [0.25, 0.3) is 11.3 Å². The maximum atomic E-state index is 12.4. The molecule has 0 saturated heterocycles. The third-order valence-electron chi connectivity index (χ3n) is 5.07. The van der Waals surface area contributed by atoms with Crippen molar-refractivity contribution < 1.29 is 13.2 Å². The van der Waals surface area contributed by atoms with Crippen molar-refractivity contribution in [1.29, 1.82) is 0 Å². The first-order chi connectivity index (χ1) is 13.9. The molecular weight excluding hydrogens is 386 g/mol. The van der Waals surface area contributed by atoms with Gasteiger partial charge >= 0.3 is 0 Å². The van der Waals surface area contributed by atoms with Gasteiger partial charge in [0.1, 0.15) is 0 Å². The van der Waals surface area contributed by atoms with Crippen molar-refractivity contribution in [2.45, 2.75) is 19.3 Å². The van der Waals surface area contributed by atoms with Crippen LogP contribution in [0.5, 0.6) is 0 Å². The number of anilines is 2. The fraction of sp³-hybridized carbons (Fsp3) is 0.227. The summed E-state index contributed by atoms with van der Waals surface area (Å²) in [6.45, 7) is 0.447.